The van der Waals surface area contributed by atoms with E-state index in [-0.39, 0.29) is 23.7 Å². The third kappa shape index (κ3) is 4.23. The van der Waals surface area contributed by atoms with Crippen LogP contribution in [-0.2, 0) is 6.54 Å². The zero-order valence-corrected chi connectivity index (χ0v) is 20.0. The van der Waals surface area contributed by atoms with Gasteiger partial charge in [-0.05, 0) is 61.2 Å². The third-order valence-electron chi connectivity index (χ3n) is 6.43. The quantitative estimate of drug-likeness (QED) is 0.408. The van der Waals surface area contributed by atoms with Crippen LogP contribution in [0, 0.1) is 12.7 Å². The lowest BCUT2D eigenvalue weighted by Crippen LogP contribution is -2.55. The minimum Gasteiger partial charge on any atom is -0.334 e. The number of benzene rings is 2. The number of hydrogen-bond acceptors (Lipinski definition) is 3. The molecule has 0 spiro atoms. The highest BCUT2D eigenvalue weighted by atomic mass is 32.1. The Labute approximate surface area is 202 Å². The molecule has 2 aromatic carbocycles. The summed E-state index contributed by atoms with van der Waals surface area (Å²) >= 11 is 1.57. The van der Waals surface area contributed by atoms with Crippen LogP contribution in [0.5, 0.6) is 0 Å². The van der Waals surface area contributed by atoms with Crippen molar-refractivity contribution in [3.05, 3.63) is 94.2 Å². The van der Waals surface area contributed by atoms with Gasteiger partial charge >= 0.3 is 0 Å². The summed E-state index contributed by atoms with van der Waals surface area (Å²) in [6.07, 6.45) is 0. The number of carbonyl (C=O) groups excluding carboxylic acids is 2. The molecule has 174 valence electrons. The van der Waals surface area contributed by atoms with Crippen LogP contribution in [0.25, 0.3) is 10.2 Å². The summed E-state index contributed by atoms with van der Waals surface area (Å²) in [4.78, 5) is 31.3. The lowest BCUT2D eigenvalue weighted by atomic mass is 10.1. The molecule has 0 N–H and O–H groups in total. The fourth-order valence-corrected chi connectivity index (χ4v) is 5.49. The van der Waals surface area contributed by atoms with Gasteiger partial charge in [0.05, 0.1) is 0 Å². The first-order valence-corrected chi connectivity index (χ1v) is 12.3. The van der Waals surface area contributed by atoms with Crippen LogP contribution >= 0.6 is 11.3 Å². The summed E-state index contributed by atoms with van der Waals surface area (Å²) in [5, 5.41) is 3.00. The molecule has 0 saturated carbocycles. The fraction of sp³-hybridized carbons (Fsp3) is 0.259. The number of nitrogens with zero attached hydrogens (tertiary/aromatic N) is 3. The number of halogens is 1. The van der Waals surface area contributed by atoms with Gasteiger partial charge in [-0.1, -0.05) is 29.8 Å². The molecule has 0 unspecified atom stereocenters. The number of aromatic nitrogens is 1. The topological polar surface area (TPSA) is 45.6 Å². The first-order valence-electron chi connectivity index (χ1n) is 11.4. The molecule has 1 atom stereocenters. The van der Waals surface area contributed by atoms with Crippen molar-refractivity contribution in [2.75, 3.05) is 19.6 Å². The average molecular weight is 476 g/mol. The minimum absolute atomic E-state index is 0.00501. The van der Waals surface area contributed by atoms with Crippen LogP contribution in [0.1, 0.15) is 38.9 Å². The summed E-state index contributed by atoms with van der Waals surface area (Å²) in [5.41, 5.74) is 3.18. The van der Waals surface area contributed by atoms with E-state index in [2.05, 4.69) is 0 Å². The molecule has 1 saturated heterocycles. The fourth-order valence-electron chi connectivity index (χ4n) is 4.59. The summed E-state index contributed by atoms with van der Waals surface area (Å²) in [6.45, 7) is 5.82. The highest BCUT2D eigenvalue weighted by molar-refractivity contribution is 7.16. The molecule has 1 aliphatic heterocycles. The van der Waals surface area contributed by atoms with Crippen LogP contribution in [0.15, 0.2) is 66.0 Å². The van der Waals surface area contributed by atoms with Gasteiger partial charge in [-0.3, -0.25) is 9.59 Å². The van der Waals surface area contributed by atoms with Crippen LogP contribution in [-0.4, -0.2) is 51.9 Å². The molecule has 0 bridgehead atoms. The van der Waals surface area contributed by atoms with E-state index in [0.717, 1.165) is 21.3 Å². The number of thiophene rings is 1. The Morgan fingerprint density at radius 3 is 2.56 bits per heavy atom. The van der Waals surface area contributed by atoms with Gasteiger partial charge < -0.3 is 14.4 Å². The number of piperazine rings is 1. The molecular formula is C27H26FN3O2S. The first-order chi connectivity index (χ1) is 16.4. The molecule has 5 nitrogen and oxygen atoms in total. The Bertz CT molecular complexity index is 1360. The van der Waals surface area contributed by atoms with Gasteiger partial charge in [0.25, 0.3) is 11.8 Å². The van der Waals surface area contributed by atoms with Crippen LogP contribution in [0.3, 0.4) is 0 Å². The Morgan fingerprint density at radius 1 is 1.03 bits per heavy atom. The zero-order chi connectivity index (χ0) is 23.8. The van der Waals surface area contributed by atoms with Crippen molar-refractivity contribution in [2.45, 2.75) is 26.4 Å². The predicted molar refractivity (Wildman–Crippen MR) is 133 cm³/mol. The summed E-state index contributed by atoms with van der Waals surface area (Å²) in [6, 6.07) is 17.9. The van der Waals surface area contributed by atoms with E-state index in [1.165, 1.54) is 12.1 Å². The van der Waals surface area contributed by atoms with E-state index in [0.29, 0.717) is 37.4 Å². The molecule has 5 rings (SSSR count). The molecule has 2 amide bonds. The number of hydrogen-bond donors (Lipinski definition) is 0. The molecule has 1 aliphatic rings. The van der Waals surface area contributed by atoms with Gasteiger partial charge in [0.15, 0.2) is 0 Å². The highest BCUT2D eigenvalue weighted by Gasteiger charge is 2.32. The smallest absolute Gasteiger partial charge is 0.270 e. The van der Waals surface area contributed by atoms with Crippen molar-refractivity contribution in [1.82, 2.24) is 14.4 Å². The molecule has 7 heteroatoms. The van der Waals surface area contributed by atoms with E-state index in [9.17, 15) is 14.0 Å². The van der Waals surface area contributed by atoms with Crippen molar-refractivity contribution in [1.29, 1.82) is 0 Å². The second kappa shape index (κ2) is 9.06. The van der Waals surface area contributed by atoms with Crippen molar-refractivity contribution >= 4 is 33.4 Å². The largest absolute Gasteiger partial charge is 0.334 e. The van der Waals surface area contributed by atoms with Crippen LogP contribution in [0.4, 0.5) is 4.39 Å². The van der Waals surface area contributed by atoms with Crippen molar-refractivity contribution in [2.24, 2.45) is 0 Å². The Morgan fingerprint density at radius 2 is 1.82 bits per heavy atom. The number of rotatable bonds is 4. The lowest BCUT2D eigenvalue weighted by Gasteiger charge is -2.40. The predicted octanol–water partition coefficient (Wildman–Crippen LogP) is 5.19. The van der Waals surface area contributed by atoms with Crippen LogP contribution < -0.4 is 0 Å². The average Bonchev–Trinajstić information content (AvgIpc) is 3.41. The third-order valence-corrected chi connectivity index (χ3v) is 7.38. The number of carbonyl (C=O) groups is 2. The zero-order valence-electron chi connectivity index (χ0n) is 19.2. The van der Waals surface area contributed by atoms with Gasteiger partial charge in [0.1, 0.15) is 16.3 Å². The first kappa shape index (κ1) is 22.3. The SMILES string of the molecule is Cc1ccc(C(=O)N2CCN(C(=O)c3cc4ccsc4n3Cc3cccc(F)c3)C[C@@H]2C)cc1. The molecule has 1 fully saturated rings. The second-order valence-corrected chi connectivity index (χ2v) is 9.79. The minimum atomic E-state index is -0.289. The number of aryl methyl sites for hydroxylation is 1. The van der Waals surface area contributed by atoms with Crippen molar-refractivity contribution in [3.8, 4) is 0 Å². The Balaban J connectivity index is 1.36. The molecule has 4 aromatic rings. The molecule has 0 aliphatic carbocycles. The maximum absolute atomic E-state index is 13.8. The maximum Gasteiger partial charge on any atom is 0.270 e. The summed E-state index contributed by atoms with van der Waals surface area (Å²) in [7, 11) is 0. The highest BCUT2D eigenvalue weighted by Crippen LogP contribution is 2.28. The maximum atomic E-state index is 13.8. The number of fused-ring (bicyclic) bond motifs is 1. The van der Waals surface area contributed by atoms with E-state index >= 15 is 0 Å². The van der Waals surface area contributed by atoms with E-state index in [1.807, 2.05) is 76.1 Å². The van der Waals surface area contributed by atoms with Crippen LogP contribution in [0.2, 0.25) is 0 Å². The number of amides is 2. The van der Waals surface area contributed by atoms with Gasteiger partial charge in [-0.2, -0.15) is 0 Å². The molecule has 34 heavy (non-hydrogen) atoms. The second-order valence-electron chi connectivity index (χ2n) is 8.89. The Kier molecular flexibility index (Phi) is 5.96. The van der Waals surface area contributed by atoms with E-state index in [1.54, 1.807) is 17.4 Å². The van der Waals surface area contributed by atoms with E-state index in [4.69, 9.17) is 0 Å². The molecular weight excluding hydrogens is 449 g/mol. The summed E-state index contributed by atoms with van der Waals surface area (Å²) in [5.74, 6) is -0.355. The van der Waals surface area contributed by atoms with E-state index < -0.39 is 0 Å². The van der Waals surface area contributed by atoms with Crippen molar-refractivity contribution in [3.63, 3.8) is 0 Å². The van der Waals surface area contributed by atoms with Gasteiger partial charge in [-0.25, -0.2) is 4.39 Å². The molecule has 0 radical (unpaired) electrons. The monoisotopic (exact) mass is 475 g/mol. The van der Waals surface area contributed by atoms with Gasteiger partial charge in [0.2, 0.25) is 0 Å². The molecule has 3 heterocycles. The standard InChI is InChI=1S/C27H26FN3O2S/c1-18-6-8-21(9-7-18)25(32)30-12-11-29(16-19(30)2)26(33)24-15-22-10-13-34-27(22)31(24)17-20-4-3-5-23(28)14-20/h3-10,13-15,19H,11-12,16-17H2,1-2H3/t19-/m0/s1. The lowest BCUT2D eigenvalue weighted by molar-refractivity contribution is 0.0409. The van der Waals surface area contributed by atoms with Gasteiger partial charge in [0, 0.05) is 43.2 Å². The normalized spacial score (nSPS) is 16.3. The molecule has 2 aromatic heterocycles. The summed E-state index contributed by atoms with van der Waals surface area (Å²) < 4.78 is 15.8. The van der Waals surface area contributed by atoms with Gasteiger partial charge in [-0.15, -0.1) is 11.3 Å². The Hall–Kier alpha value is -3.45. The van der Waals surface area contributed by atoms with Crippen molar-refractivity contribution < 1.29 is 14.0 Å².